The van der Waals surface area contributed by atoms with Crippen molar-refractivity contribution >= 4 is 22.4 Å². The van der Waals surface area contributed by atoms with Gasteiger partial charge in [-0.3, -0.25) is 4.21 Å². The Labute approximate surface area is 143 Å². The summed E-state index contributed by atoms with van der Waals surface area (Å²) in [6, 6.07) is 8.14. The van der Waals surface area contributed by atoms with Crippen LogP contribution in [0.2, 0.25) is 5.02 Å². The van der Waals surface area contributed by atoms with Crippen LogP contribution in [0.5, 0.6) is 0 Å². The van der Waals surface area contributed by atoms with Crippen molar-refractivity contribution in [2.45, 2.75) is 55.6 Å². The number of nitrogens with zero attached hydrogens (tertiary/aromatic N) is 3. The van der Waals surface area contributed by atoms with E-state index in [1.54, 1.807) is 0 Å². The Morgan fingerprint density at radius 3 is 2.52 bits per heavy atom. The first kappa shape index (κ1) is 15.3. The summed E-state index contributed by atoms with van der Waals surface area (Å²) in [5.41, 5.74) is 1.05. The van der Waals surface area contributed by atoms with Crippen LogP contribution < -0.4 is 0 Å². The Morgan fingerprint density at radius 2 is 1.91 bits per heavy atom. The standard InChI is InChI=1S/C17H20ClN3OS/c1-11(12-4-6-14(18)7-5-12)23(22)10-16-19-20-17(13-2-3-13)21(16)15-8-9-15/h4-7,11,13,15H,2-3,8-10H2,1H3. The largest absolute Gasteiger partial charge is 0.311 e. The molecule has 1 aromatic heterocycles. The minimum Gasteiger partial charge on any atom is -0.311 e. The predicted octanol–water partition coefficient (Wildman–Crippen LogP) is 4.15. The first-order valence-electron chi connectivity index (χ1n) is 8.20. The van der Waals surface area contributed by atoms with E-state index in [9.17, 15) is 4.21 Å². The minimum absolute atomic E-state index is 0.0407. The summed E-state index contributed by atoms with van der Waals surface area (Å²) in [5.74, 6) is 3.08. The molecule has 2 aliphatic rings. The molecule has 122 valence electrons. The molecule has 0 saturated heterocycles. The van der Waals surface area contributed by atoms with Gasteiger partial charge in [0, 0.05) is 27.8 Å². The van der Waals surface area contributed by atoms with E-state index in [0.717, 1.165) is 17.2 Å². The fraction of sp³-hybridized carbons (Fsp3) is 0.529. The van der Waals surface area contributed by atoms with E-state index in [0.29, 0.717) is 22.7 Å². The number of aromatic nitrogens is 3. The van der Waals surface area contributed by atoms with Crippen LogP contribution in [0.25, 0.3) is 0 Å². The van der Waals surface area contributed by atoms with Crippen LogP contribution in [0, 0.1) is 0 Å². The lowest BCUT2D eigenvalue weighted by Gasteiger charge is -2.13. The van der Waals surface area contributed by atoms with E-state index in [-0.39, 0.29) is 5.25 Å². The molecule has 0 N–H and O–H groups in total. The van der Waals surface area contributed by atoms with E-state index in [1.165, 1.54) is 25.7 Å². The summed E-state index contributed by atoms with van der Waals surface area (Å²) in [7, 11) is -1.02. The molecule has 2 fully saturated rings. The van der Waals surface area contributed by atoms with Gasteiger partial charge in [-0.1, -0.05) is 23.7 Å². The van der Waals surface area contributed by atoms with E-state index in [1.807, 2.05) is 31.2 Å². The Bertz CT molecular complexity index is 735. The molecule has 1 aromatic carbocycles. The predicted molar refractivity (Wildman–Crippen MR) is 92.0 cm³/mol. The van der Waals surface area contributed by atoms with Crippen LogP contribution in [0.1, 0.15) is 67.0 Å². The first-order valence-corrected chi connectivity index (χ1v) is 9.96. The van der Waals surface area contributed by atoms with Gasteiger partial charge < -0.3 is 4.57 Å². The van der Waals surface area contributed by atoms with Crippen molar-refractivity contribution in [2.24, 2.45) is 0 Å². The third-order valence-electron chi connectivity index (χ3n) is 4.65. The van der Waals surface area contributed by atoms with Crippen molar-refractivity contribution in [1.82, 2.24) is 14.8 Å². The zero-order chi connectivity index (χ0) is 16.0. The van der Waals surface area contributed by atoms with Gasteiger partial charge in [-0.05, 0) is 50.3 Å². The quantitative estimate of drug-likeness (QED) is 0.786. The molecule has 4 rings (SSSR count). The van der Waals surface area contributed by atoms with E-state index >= 15 is 0 Å². The highest BCUT2D eigenvalue weighted by Gasteiger charge is 2.36. The Kier molecular flexibility index (Phi) is 4.01. The zero-order valence-electron chi connectivity index (χ0n) is 13.1. The fourth-order valence-electron chi connectivity index (χ4n) is 2.92. The van der Waals surface area contributed by atoms with Gasteiger partial charge in [0.25, 0.3) is 0 Å². The number of halogens is 1. The molecule has 2 unspecified atom stereocenters. The first-order chi connectivity index (χ1) is 11.1. The van der Waals surface area contributed by atoms with Crippen LogP contribution in [0.15, 0.2) is 24.3 Å². The summed E-state index contributed by atoms with van der Waals surface area (Å²) in [6.45, 7) is 2.00. The second-order valence-electron chi connectivity index (χ2n) is 6.57. The minimum atomic E-state index is -1.02. The Hall–Kier alpha value is -1.20. The number of benzene rings is 1. The summed E-state index contributed by atoms with van der Waals surface area (Å²) >= 11 is 5.93. The monoisotopic (exact) mass is 349 g/mol. The fourth-order valence-corrected chi connectivity index (χ4v) is 4.21. The van der Waals surface area contributed by atoms with Gasteiger partial charge in [0.1, 0.15) is 11.6 Å². The molecule has 2 atom stereocenters. The highest BCUT2D eigenvalue weighted by atomic mass is 35.5. The van der Waals surface area contributed by atoms with Crippen molar-refractivity contribution < 1.29 is 4.21 Å². The third-order valence-corrected chi connectivity index (χ3v) is 6.51. The summed E-state index contributed by atoms with van der Waals surface area (Å²) < 4.78 is 15.1. The summed E-state index contributed by atoms with van der Waals surface area (Å²) in [6.07, 6.45) is 4.83. The normalized spacial score (nSPS) is 20.4. The van der Waals surface area contributed by atoms with E-state index in [4.69, 9.17) is 11.6 Å². The number of hydrogen-bond acceptors (Lipinski definition) is 3. The molecular formula is C17H20ClN3OS. The molecule has 4 nitrogen and oxygen atoms in total. The smallest absolute Gasteiger partial charge is 0.145 e. The van der Waals surface area contributed by atoms with Crippen molar-refractivity contribution in [3.63, 3.8) is 0 Å². The van der Waals surface area contributed by atoms with Crippen LogP contribution in [-0.2, 0) is 16.6 Å². The highest BCUT2D eigenvalue weighted by Crippen LogP contribution is 2.45. The van der Waals surface area contributed by atoms with Crippen LogP contribution in [0.4, 0.5) is 0 Å². The molecule has 2 saturated carbocycles. The van der Waals surface area contributed by atoms with Gasteiger partial charge >= 0.3 is 0 Å². The lowest BCUT2D eigenvalue weighted by atomic mass is 10.2. The summed E-state index contributed by atoms with van der Waals surface area (Å²) in [5, 5.41) is 9.43. The zero-order valence-corrected chi connectivity index (χ0v) is 14.7. The average molecular weight is 350 g/mol. The van der Waals surface area contributed by atoms with Gasteiger partial charge in [0.15, 0.2) is 0 Å². The summed E-state index contributed by atoms with van der Waals surface area (Å²) in [4.78, 5) is 0. The molecule has 0 radical (unpaired) electrons. The number of rotatable bonds is 6. The molecular weight excluding hydrogens is 330 g/mol. The molecule has 0 spiro atoms. The topological polar surface area (TPSA) is 47.8 Å². The van der Waals surface area contributed by atoms with Gasteiger partial charge in [-0.15, -0.1) is 10.2 Å². The highest BCUT2D eigenvalue weighted by molar-refractivity contribution is 7.84. The molecule has 2 aromatic rings. The van der Waals surface area contributed by atoms with Gasteiger partial charge in [-0.2, -0.15) is 0 Å². The van der Waals surface area contributed by atoms with Gasteiger partial charge in [0.05, 0.1) is 11.0 Å². The lowest BCUT2D eigenvalue weighted by molar-refractivity contribution is 0.648. The molecule has 6 heteroatoms. The van der Waals surface area contributed by atoms with Crippen molar-refractivity contribution in [2.75, 3.05) is 0 Å². The average Bonchev–Trinajstić information content (AvgIpc) is 3.46. The maximum atomic E-state index is 12.8. The SMILES string of the molecule is CC(c1ccc(Cl)cc1)S(=O)Cc1nnc(C2CC2)n1C1CC1. The van der Waals surface area contributed by atoms with Crippen LogP contribution in [-0.4, -0.2) is 19.0 Å². The van der Waals surface area contributed by atoms with Crippen molar-refractivity contribution in [1.29, 1.82) is 0 Å². The Morgan fingerprint density at radius 1 is 1.22 bits per heavy atom. The molecule has 1 heterocycles. The number of hydrogen-bond donors (Lipinski definition) is 0. The maximum absolute atomic E-state index is 12.8. The van der Waals surface area contributed by atoms with Crippen molar-refractivity contribution in [3.05, 3.63) is 46.5 Å². The third kappa shape index (κ3) is 3.22. The molecule has 0 aliphatic heterocycles. The lowest BCUT2D eigenvalue weighted by Crippen LogP contribution is -2.11. The van der Waals surface area contributed by atoms with Crippen LogP contribution >= 0.6 is 11.6 Å². The molecule has 23 heavy (non-hydrogen) atoms. The van der Waals surface area contributed by atoms with Crippen molar-refractivity contribution in [3.8, 4) is 0 Å². The Balaban J connectivity index is 1.53. The molecule has 0 amide bonds. The second-order valence-corrected chi connectivity index (χ2v) is 8.76. The maximum Gasteiger partial charge on any atom is 0.145 e. The van der Waals surface area contributed by atoms with Gasteiger partial charge in [0.2, 0.25) is 0 Å². The van der Waals surface area contributed by atoms with Gasteiger partial charge in [-0.25, -0.2) is 0 Å². The van der Waals surface area contributed by atoms with Crippen LogP contribution in [0.3, 0.4) is 0 Å². The molecule has 2 aliphatic carbocycles. The van der Waals surface area contributed by atoms with E-state index < -0.39 is 10.8 Å². The van der Waals surface area contributed by atoms with E-state index in [2.05, 4.69) is 14.8 Å². The molecule has 0 bridgehead atoms. The second kappa shape index (κ2) is 6.02.